The van der Waals surface area contributed by atoms with Crippen molar-refractivity contribution in [3.63, 3.8) is 0 Å². The Kier molecular flexibility index (Phi) is 6.26. The van der Waals surface area contributed by atoms with Crippen molar-refractivity contribution in [2.75, 3.05) is 44.4 Å². The number of hydrogen-bond acceptors (Lipinski definition) is 8. The lowest BCUT2D eigenvalue weighted by atomic mass is 9.83. The molecule has 3 fully saturated rings. The number of rotatable bonds is 6. The van der Waals surface area contributed by atoms with Gasteiger partial charge in [-0.1, -0.05) is 6.07 Å². The van der Waals surface area contributed by atoms with Crippen LogP contribution in [0, 0.1) is 5.92 Å². The van der Waals surface area contributed by atoms with Gasteiger partial charge < -0.3 is 24.2 Å². The summed E-state index contributed by atoms with van der Waals surface area (Å²) in [5, 5.41) is 10.4. The van der Waals surface area contributed by atoms with Gasteiger partial charge in [-0.15, -0.1) is 0 Å². The van der Waals surface area contributed by atoms with E-state index in [0.29, 0.717) is 24.8 Å². The minimum Gasteiger partial charge on any atom is -0.488 e. The number of aromatic nitrogens is 3. The van der Waals surface area contributed by atoms with Gasteiger partial charge in [-0.2, -0.15) is 0 Å². The smallest absolute Gasteiger partial charge is 0.153 e. The fourth-order valence-corrected chi connectivity index (χ4v) is 5.35. The van der Waals surface area contributed by atoms with Crippen LogP contribution in [0.2, 0.25) is 0 Å². The van der Waals surface area contributed by atoms with E-state index in [0.717, 1.165) is 80.9 Å². The van der Waals surface area contributed by atoms with Crippen molar-refractivity contribution in [2.45, 2.75) is 43.8 Å². The summed E-state index contributed by atoms with van der Waals surface area (Å²) in [5.74, 6) is 1.45. The number of hydrogen-bond donors (Lipinski definition) is 1. The molecule has 8 nitrogen and oxygen atoms in total. The highest BCUT2D eigenvalue weighted by molar-refractivity contribution is 5.85. The number of pyridine rings is 1. The van der Waals surface area contributed by atoms with Gasteiger partial charge in [0.25, 0.3) is 0 Å². The van der Waals surface area contributed by atoms with Gasteiger partial charge in [0.1, 0.15) is 11.3 Å². The van der Waals surface area contributed by atoms with E-state index < -0.39 is 5.60 Å². The molecule has 2 aromatic heterocycles. The Balaban J connectivity index is 1.09. The van der Waals surface area contributed by atoms with Crippen molar-refractivity contribution in [1.29, 1.82) is 0 Å². The maximum atomic E-state index is 10.4. The molecule has 0 spiro atoms. The normalized spacial score (nSPS) is 24.2. The Morgan fingerprint density at radius 2 is 1.77 bits per heavy atom. The average molecular weight is 477 g/mol. The Hall–Kier alpha value is -2.81. The summed E-state index contributed by atoms with van der Waals surface area (Å²) in [6, 6.07) is 8.28. The minimum atomic E-state index is -0.901. The van der Waals surface area contributed by atoms with Gasteiger partial charge >= 0.3 is 0 Å². The topological polar surface area (TPSA) is 89.8 Å². The zero-order valence-electron chi connectivity index (χ0n) is 19.9. The van der Waals surface area contributed by atoms with Crippen LogP contribution in [-0.2, 0) is 21.5 Å². The van der Waals surface area contributed by atoms with Gasteiger partial charge in [-0.05, 0) is 55.7 Å². The van der Waals surface area contributed by atoms with E-state index in [-0.39, 0.29) is 6.10 Å². The fraction of sp³-hybridized carbons (Fsp3) is 0.519. The first kappa shape index (κ1) is 22.6. The van der Waals surface area contributed by atoms with Crippen LogP contribution in [0.15, 0.2) is 42.9 Å². The molecule has 0 atom stereocenters. The molecule has 8 heteroatoms. The van der Waals surface area contributed by atoms with Crippen LogP contribution in [-0.4, -0.2) is 65.7 Å². The van der Waals surface area contributed by atoms with Crippen molar-refractivity contribution in [1.82, 2.24) is 15.0 Å². The monoisotopic (exact) mass is 476 g/mol. The third-order valence-corrected chi connectivity index (χ3v) is 7.49. The lowest BCUT2D eigenvalue weighted by Gasteiger charge is -2.35. The van der Waals surface area contributed by atoms with Crippen LogP contribution in [0.5, 0.6) is 5.75 Å². The van der Waals surface area contributed by atoms with E-state index in [1.807, 2.05) is 12.3 Å². The third kappa shape index (κ3) is 4.83. The average Bonchev–Trinajstić information content (AvgIpc) is 2.89. The zero-order valence-corrected chi connectivity index (χ0v) is 19.9. The number of anilines is 1. The number of benzene rings is 1. The predicted molar refractivity (Wildman–Crippen MR) is 132 cm³/mol. The van der Waals surface area contributed by atoms with Crippen molar-refractivity contribution in [3.05, 3.63) is 54.1 Å². The number of morpholine rings is 1. The molecular formula is C27H32N4O4. The molecule has 0 unspecified atom stereocenters. The quantitative estimate of drug-likeness (QED) is 0.580. The molecule has 0 radical (unpaired) electrons. The maximum Gasteiger partial charge on any atom is 0.153 e. The second-order valence-corrected chi connectivity index (χ2v) is 10.0. The molecular weight excluding hydrogens is 444 g/mol. The van der Waals surface area contributed by atoms with Crippen LogP contribution in [0.1, 0.15) is 36.9 Å². The van der Waals surface area contributed by atoms with Crippen molar-refractivity contribution >= 4 is 16.7 Å². The highest BCUT2D eigenvalue weighted by Gasteiger charge is 2.39. The summed E-state index contributed by atoms with van der Waals surface area (Å²) < 4.78 is 17.2. The van der Waals surface area contributed by atoms with Crippen LogP contribution in [0.4, 0.5) is 5.69 Å². The summed E-state index contributed by atoms with van der Waals surface area (Å²) in [7, 11) is 0. The van der Waals surface area contributed by atoms with Gasteiger partial charge in [0, 0.05) is 43.4 Å². The van der Waals surface area contributed by atoms with E-state index in [2.05, 4.69) is 38.1 Å². The van der Waals surface area contributed by atoms with Crippen LogP contribution in [0.25, 0.3) is 11.0 Å². The molecule has 1 aliphatic carbocycles. The van der Waals surface area contributed by atoms with Crippen LogP contribution < -0.4 is 9.64 Å². The highest BCUT2D eigenvalue weighted by Crippen LogP contribution is 2.35. The molecule has 3 aromatic rings. The van der Waals surface area contributed by atoms with Crippen molar-refractivity contribution in [3.8, 4) is 5.75 Å². The van der Waals surface area contributed by atoms with Crippen molar-refractivity contribution in [2.24, 2.45) is 5.92 Å². The molecule has 1 aromatic carbocycles. The molecule has 0 bridgehead atoms. The van der Waals surface area contributed by atoms with E-state index in [4.69, 9.17) is 14.2 Å². The molecule has 2 aliphatic heterocycles. The third-order valence-electron chi connectivity index (χ3n) is 7.49. The van der Waals surface area contributed by atoms with Crippen molar-refractivity contribution < 1.29 is 19.3 Å². The lowest BCUT2D eigenvalue weighted by Crippen LogP contribution is -2.47. The Morgan fingerprint density at radius 1 is 0.971 bits per heavy atom. The van der Waals surface area contributed by atoms with Crippen LogP contribution in [0.3, 0.4) is 0 Å². The number of ether oxygens (including phenoxy) is 3. The largest absolute Gasteiger partial charge is 0.488 e. The molecule has 2 saturated heterocycles. The van der Waals surface area contributed by atoms with E-state index in [1.54, 1.807) is 12.4 Å². The predicted octanol–water partition coefficient (Wildman–Crippen LogP) is 3.26. The fourth-order valence-electron chi connectivity index (χ4n) is 5.35. The van der Waals surface area contributed by atoms with E-state index >= 15 is 0 Å². The lowest BCUT2D eigenvalue weighted by molar-refractivity contribution is -0.186. The van der Waals surface area contributed by atoms with Gasteiger partial charge in [0.05, 0.1) is 43.7 Å². The van der Waals surface area contributed by atoms with Gasteiger partial charge in [-0.25, -0.2) is 4.98 Å². The Bertz CT molecular complexity index is 1150. The van der Waals surface area contributed by atoms with Gasteiger partial charge in [0.2, 0.25) is 0 Å². The molecule has 1 saturated carbocycles. The molecule has 0 amide bonds. The first-order valence-corrected chi connectivity index (χ1v) is 12.7. The molecule has 6 rings (SSSR count). The summed E-state index contributed by atoms with van der Waals surface area (Å²) >= 11 is 0. The standard InChI is InChI=1S/C27H32N4O4/c32-27(17-34-18-27)25-6-3-20(16-30-25)13-19-1-4-22(5-2-19)35-24-15-21(31-9-11-33-12-10-31)14-23-26(24)29-8-7-28-23/h3,6-8,14-16,19,22,32H,1-2,4-5,9-13,17-18H2. The molecule has 1 N–H and O–H groups in total. The zero-order chi connectivity index (χ0) is 23.7. The first-order valence-electron chi connectivity index (χ1n) is 12.7. The summed E-state index contributed by atoms with van der Waals surface area (Å²) in [5.41, 5.74) is 3.85. The maximum absolute atomic E-state index is 10.4. The van der Waals surface area contributed by atoms with Gasteiger partial charge in [-0.3, -0.25) is 9.97 Å². The summed E-state index contributed by atoms with van der Waals surface area (Å²) in [6.07, 6.45) is 10.9. The first-order chi connectivity index (χ1) is 17.2. The summed E-state index contributed by atoms with van der Waals surface area (Å²) in [6.45, 7) is 3.90. The minimum absolute atomic E-state index is 0.185. The summed E-state index contributed by atoms with van der Waals surface area (Å²) in [4.78, 5) is 16.0. The molecule has 3 aliphatic rings. The Morgan fingerprint density at radius 3 is 2.49 bits per heavy atom. The van der Waals surface area contributed by atoms with Crippen LogP contribution >= 0.6 is 0 Å². The highest BCUT2D eigenvalue weighted by atomic mass is 16.5. The number of fused-ring (bicyclic) bond motifs is 1. The molecule has 184 valence electrons. The van der Waals surface area contributed by atoms with E-state index in [9.17, 15) is 5.11 Å². The SMILES string of the molecule is OC1(c2ccc(CC3CCC(Oc4cc(N5CCOCC5)cc5nccnc45)CC3)cn2)COC1. The van der Waals surface area contributed by atoms with Gasteiger partial charge in [0.15, 0.2) is 5.60 Å². The Labute approximate surface area is 205 Å². The molecule has 35 heavy (non-hydrogen) atoms. The number of aliphatic hydroxyl groups is 1. The second kappa shape index (κ2) is 9.68. The number of nitrogens with zero attached hydrogens (tertiary/aromatic N) is 4. The molecule has 4 heterocycles. The van der Waals surface area contributed by atoms with E-state index in [1.165, 1.54) is 5.56 Å². The second-order valence-electron chi connectivity index (χ2n) is 10.0.